The Morgan fingerprint density at radius 2 is 2.04 bits per heavy atom. The quantitative estimate of drug-likeness (QED) is 0.791. The molecule has 1 aromatic carbocycles. The number of hydrogen-bond acceptors (Lipinski definition) is 4. The van der Waals surface area contributed by atoms with Crippen molar-refractivity contribution in [2.75, 3.05) is 0 Å². The molecule has 1 aliphatic carbocycles. The van der Waals surface area contributed by atoms with Crippen molar-refractivity contribution in [3.63, 3.8) is 0 Å². The average Bonchev–Trinajstić information content (AvgIpc) is 3.39. The van der Waals surface area contributed by atoms with E-state index >= 15 is 0 Å². The molecule has 6 heteroatoms. The Hall–Kier alpha value is -2.58. The molecule has 2 aromatic rings. The van der Waals surface area contributed by atoms with E-state index in [2.05, 4.69) is 32.1 Å². The molecule has 0 saturated heterocycles. The van der Waals surface area contributed by atoms with Crippen LogP contribution in [0.3, 0.4) is 0 Å². The lowest BCUT2D eigenvalue weighted by molar-refractivity contribution is 0.390. The molecule has 0 spiro atoms. The first-order chi connectivity index (χ1) is 11.2. The number of hydrogen-bond donors (Lipinski definition) is 2. The molecule has 2 N–H and O–H groups in total. The second kappa shape index (κ2) is 5.25. The predicted molar refractivity (Wildman–Crippen MR) is 87.6 cm³/mol. The van der Waals surface area contributed by atoms with Crippen molar-refractivity contribution in [3.05, 3.63) is 53.1 Å². The van der Waals surface area contributed by atoms with Gasteiger partial charge in [-0.05, 0) is 37.0 Å². The van der Waals surface area contributed by atoms with Crippen molar-refractivity contribution in [1.29, 1.82) is 0 Å². The minimum absolute atomic E-state index is 0.120. The fourth-order valence-electron chi connectivity index (χ4n) is 2.88. The van der Waals surface area contributed by atoms with Gasteiger partial charge in [-0.3, -0.25) is 0 Å². The van der Waals surface area contributed by atoms with Crippen LogP contribution in [-0.4, -0.2) is 21.1 Å². The Morgan fingerprint density at radius 1 is 1.26 bits per heavy atom. The van der Waals surface area contributed by atoms with Gasteiger partial charge in [-0.15, -0.1) is 0 Å². The van der Waals surface area contributed by atoms with Crippen LogP contribution >= 0.6 is 11.6 Å². The standard InChI is InChI=1S/C17H13ClN4O/c18-13-3-4-15-14(7-13)17(12-1-2-12,22-16(23)21-15)6-5-11-8-19-10-20-9-11/h3-4,7-10,12H,1-2H2,(H2,21,22,23). The van der Waals surface area contributed by atoms with Gasteiger partial charge in [0.2, 0.25) is 0 Å². The van der Waals surface area contributed by atoms with Gasteiger partial charge in [0.25, 0.3) is 6.02 Å². The highest BCUT2D eigenvalue weighted by molar-refractivity contribution is 6.30. The Kier molecular flexibility index (Phi) is 3.21. The number of fused-ring (bicyclic) bond motifs is 1. The number of nitrogens with zero attached hydrogens (tertiary/aromatic N) is 3. The lowest BCUT2D eigenvalue weighted by Crippen LogP contribution is -2.48. The van der Waals surface area contributed by atoms with Gasteiger partial charge in [-0.2, -0.15) is 4.99 Å². The molecular formula is C17H13ClN4O. The lowest BCUT2D eigenvalue weighted by atomic mass is 9.83. The van der Waals surface area contributed by atoms with Crippen molar-refractivity contribution >= 4 is 23.3 Å². The fraction of sp³-hybridized carbons (Fsp3) is 0.235. The molecule has 1 fully saturated rings. The van der Waals surface area contributed by atoms with E-state index in [0.29, 0.717) is 16.6 Å². The third-order valence-corrected chi connectivity index (χ3v) is 4.31. The summed E-state index contributed by atoms with van der Waals surface area (Å²) in [6.45, 7) is 0. The first-order valence-corrected chi connectivity index (χ1v) is 7.69. The van der Waals surface area contributed by atoms with E-state index < -0.39 is 5.54 Å². The molecular weight excluding hydrogens is 312 g/mol. The molecule has 0 radical (unpaired) electrons. The van der Waals surface area contributed by atoms with Crippen LogP contribution in [0.25, 0.3) is 0 Å². The van der Waals surface area contributed by atoms with Crippen LogP contribution in [0.5, 0.6) is 0 Å². The number of aromatic nitrogens is 2. The molecule has 0 bridgehead atoms. The van der Waals surface area contributed by atoms with Crippen molar-refractivity contribution < 1.29 is 5.11 Å². The summed E-state index contributed by atoms with van der Waals surface area (Å²) < 4.78 is 0. The summed E-state index contributed by atoms with van der Waals surface area (Å²) in [5.41, 5.74) is 1.62. The smallest absolute Gasteiger partial charge is 0.288 e. The highest BCUT2D eigenvalue weighted by Gasteiger charge is 2.49. The van der Waals surface area contributed by atoms with Gasteiger partial charge in [-0.1, -0.05) is 23.4 Å². The predicted octanol–water partition coefficient (Wildman–Crippen LogP) is 2.94. The Morgan fingerprint density at radius 3 is 2.78 bits per heavy atom. The van der Waals surface area contributed by atoms with Gasteiger partial charge in [0, 0.05) is 23.0 Å². The highest BCUT2D eigenvalue weighted by Crippen LogP contribution is 2.49. The molecule has 2 aliphatic rings. The molecule has 5 nitrogen and oxygen atoms in total. The molecule has 2 heterocycles. The number of rotatable bonds is 1. The van der Waals surface area contributed by atoms with E-state index in [9.17, 15) is 5.11 Å². The number of halogens is 1. The van der Waals surface area contributed by atoms with Gasteiger partial charge in [0.15, 0.2) is 0 Å². The normalized spacial score (nSPS) is 22.2. The largest absolute Gasteiger partial charge is 0.481 e. The topological polar surface area (TPSA) is 70.4 Å². The van der Waals surface area contributed by atoms with Crippen LogP contribution in [0.15, 0.2) is 41.9 Å². The van der Waals surface area contributed by atoms with Crippen LogP contribution in [-0.2, 0) is 5.54 Å². The van der Waals surface area contributed by atoms with Gasteiger partial charge in [-0.25, -0.2) is 9.97 Å². The van der Waals surface area contributed by atoms with E-state index in [1.807, 2.05) is 6.07 Å². The van der Waals surface area contributed by atoms with Crippen molar-refractivity contribution in [2.24, 2.45) is 10.9 Å². The maximum atomic E-state index is 10.0. The number of benzene rings is 1. The summed E-state index contributed by atoms with van der Waals surface area (Å²) in [6, 6.07) is 5.32. The van der Waals surface area contributed by atoms with Crippen molar-refractivity contribution in [1.82, 2.24) is 15.3 Å². The zero-order valence-electron chi connectivity index (χ0n) is 12.1. The molecule has 1 unspecified atom stereocenters. The zero-order chi connectivity index (χ0) is 15.9. The third-order valence-electron chi connectivity index (χ3n) is 4.07. The van der Waals surface area contributed by atoms with Crippen LogP contribution < -0.4 is 5.32 Å². The number of aliphatic hydroxyl groups is 1. The zero-order valence-corrected chi connectivity index (χ0v) is 12.9. The van der Waals surface area contributed by atoms with Gasteiger partial charge in [0.1, 0.15) is 11.9 Å². The minimum atomic E-state index is -0.693. The number of aliphatic imine (C=N–C) groups is 1. The van der Waals surface area contributed by atoms with Crippen LogP contribution in [0, 0.1) is 17.8 Å². The average molecular weight is 325 g/mol. The Labute approximate surface area is 138 Å². The SMILES string of the molecule is OC1=Nc2ccc(Cl)cc2C(C#Cc2cncnc2)(C2CC2)N1. The minimum Gasteiger partial charge on any atom is -0.481 e. The first kappa shape index (κ1) is 14.0. The van der Waals surface area contributed by atoms with Crippen molar-refractivity contribution in [2.45, 2.75) is 18.4 Å². The van der Waals surface area contributed by atoms with E-state index in [-0.39, 0.29) is 6.02 Å². The molecule has 0 amide bonds. The van der Waals surface area contributed by atoms with Gasteiger partial charge in [0.05, 0.1) is 11.3 Å². The van der Waals surface area contributed by atoms with E-state index in [4.69, 9.17) is 11.6 Å². The summed E-state index contributed by atoms with van der Waals surface area (Å²) >= 11 is 6.18. The molecule has 4 rings (SSSR count). The molecule has 114 valence electrons. The van der Waals surface area contributed by atoms with Gasteiger partial charge < -0.3 is 10.4 Å². The second-order valence-electron chi connectivity index (χ2n) is 5.68. The molecule has 1 saturated carbocycles. The number of amidine groups is 1. The highest BCUT2D eigenvalue weighted by atomic mass is 35.5. The summed E-state index contributed by atoms with van der Waals surface area (Å²) in [7, 11) is 0. The van der Waals surface area contributed by atoms with Crippen LogP contribution in [0.4, 0.5) is 5.69 Å². The lowest BCUT2D eigenvalue weighted by Gasteiger charge is -2.34. The molecule has 23 heavy (non-hydrogen) atoms. The van der Waals surface area contributed by atoms with E-state index in [1.54, 1.807) is 24.5 Å². The number of aliphatic hydroxyl groups excluding tert-OH is 1. The first-order valence-electron chi connectivity index (χ1n) is 7.31. The summed E-state index contributed by atoms with van der Waals surface area (Å²) in [4.78, 5) is 12.1. The second-order valence-corrected chi connectivity index (χ2v) is 6.12. The monoisotopic (exact) mass is 324 g/mol. The summed E-state index contributed by atoms with van der Waals surface area (Å²) in [5.74, 6) is 6.70. The number of nitrogens with one attached hydrogen (secondary N) is 1. The maximum Gasteiger partial charge on any atom is 0.288 e. The molecule has 1 aliphatic heterocycles. The Bertz CT molecular complexity index is 852. The molecule has 1 aromatic heterocycles. The molecule has 1 atom stereocenters. The summed E-state index contributed by atoms with van der Waals surface area (Å²) in [5, 5.41) is 13.7. The van der Waals surface area contributed by atoms with E-state index in [0.717, 1.165) is 24.0 Å². The van der Waals surface area contributed by atoms with Crippen LogP contribution in [0.1, 0.15) is 24.0 Å². The fourth-order valence-corrected chi connectivity index (χ4v) is 3.05. The summed E-state index contributed by atoms with van der Waals surface area (Å²) in [6.07, 6.45) is 6.86. The van der Waals surface area contributed by atoms with Crippen LogP contribution in [0.2, 0.25) is 5.02 Å². The van der Waals surface area contributed by atoms with Gasteiger partial charge >= 0.3 is 0 Å². The Balaban J connectivity index is 1.87. The van der Waals surface area contributed by atoms with E-state index in [1.165, 1.54) is 6.33 Å². The maximum absolute atomic E-state index is 10.0. The van der Waals surface area contributed by atoms with Crippen molar-refractivity contribution in [3.8, 4) is 11.8 Å². The third kappa shape index (κ3) is 2.51.